The zero-order valence-corrected chi connectivity index (χ0v) is 17.4. The molecular formula is C22H25N7O2. The van der Waals surface area contributed by atoms with Gasteiger partial charge in [-0.3, -0.25) is 15.0 Å². The Balaban J connectivity index is 1.52. The van der Waals surface area contributed by atoms with E-state index < -0.39 is 4.92 Å². The van der Waals surface area contributed by atoms with Crippen molar-refractivity contribution in [1.82, 2.24) is 14.9 Å². The van der Waals surface area contributed by atoms with Crippen LogP contribution in [-0.4, -0.2) is 46.0 Å². The molecule has 0 radical (unpaired) electrons. The number of aryl methyl sites for hydroxylation is 1. The Labute approximate surface area is 180 Å². The van der Waals surface area contributed by atoms with Crippen molar-refractivity contribution in [1.29, 1.82) is 0 Å². The molecule has 0 aliphatic carbocycles. The van der Waals surface area contributed by atoms with Crippen molar-refractivity contribution in [2.24, 2.45) is 0 Å². The Morgan fingerprint density at radius 3 is 2.48 bits per heavy atom. The Kier molecular flexibility index (Phi) is 5.94. The summed E-state index contributed by atoms with van der Waals surface area (Å²) in [4.78, 5) is 24.1. The second kappa shape index (κ2) is 8.97. The molecule has 0 bridgehead atoms. The van der Waals surface area contributed by atoms with Gasteiger partial charge in [0.2, 0.25) is 17.6 Å². The Morgan fingerprint density at radius 1 is 1.06 bits per heavy atom. The minimum atomic E-state index is -0.547. The van der Waals surface area contributed by atoms with Gasteiger partial charge in [-0.15, -0.1) is 0 Å². The smallest absolute Gasteiger partial charge is 0.353 e. The fraction of sp³-hybridized carbons (Fsp3) is 0.273. The van der Waals surface area contributed by atoms with Crippen LogP contribution in [0.3, 0.4) is 0 Å². The van der Waals surface area contributed by atoms with E-state index in [1.165, 1.54) is 5.56 Å². The summed E-state index contributed by atoms with van der Waals surface area (Å²) < 4.78 is 0. The summed E-state index contributed by atoms with van der Waals surface area (Å²) >= 11 is 0. The third-order valence-electron chi connectivity index (χ3n) is 5.27. The first-order valence-corrected chi connectivity index (χ1v) is 10.2. The third-order valence-corrected chi connectivity index (χ3v) is 5.27. The zero-order valence-electron chi connectivity index (χ0n) is 17.4. The highest BCUT2D eigenvalue weighted by atomic mass is 16.6. The highest BCUT2D eigenvalue weighted by Gasteiger charge is 2.27. The first kappa shape index (κ1) is 20.5. The van der Waals surface area contributed by atoms with E-state index in [0.717, 1.165) is 25.2 Å². The third kappa shape index (κ3) is 4.89. The number of anilines is 4. The van der Waals surface area contributed by atoms with Gasteiger partial charge < -0.3 is 16.0 Å². The second-order valence-corrected chi connectivity index (χ2v) is 7.61. The molecule has 2 heterocycles. The van der Waals surface area contributed by atoms with Crippen LogP contribution >= 0.6 is 0 Å². The number of piperazine rings is 1. The largest absolute Gasteiger partial charge is 0.378 e. The normalized spacial score (nSPS) is 14.4. The monoisotopic (exact) mass is 419 g/mol. The predicted octanol–water partition coefficient (Wildman–Crippen LogP) is 3.34. The average molecular weight is 419 g/mol. The molecule has 3 aromatic rings. The van der Waals surface area contributed by atoms with E-state index in [1.54, 1.807) is 0 Å². The van der Waals surface area contributed by atoms with Gasteiger partial charge in [0.1, 0.15) is 0 Å². The fourth-order valence-corrected chi connectivity index (χ4v) is 3.68. The molecule has 1 aromatic heterocycles. The van der Waals surface area contributed by atoms with Crippen LogP contribution in [0.15, 0.2) is 54.6 Å². The molecule has 1 fully saturated rings. The molecule has 160 valence electrons. The van der Waals surface area contributed by atoms with Gasteiger partial charge in [0, 0.05) is 38.4 Å². The molecule has 0 unspecified atom stereocenters. The molecule has 0 saturated carbocycles. The van der Waals surface area contributed by atoms with Crippen LogP contribution in [0.4, 0.5) is 29.0 Å². The molecule has 31 heavy (non-hydrogen) atoms. The van der Waals surface area contributed by atoms with Crippen LogP contribution in [0.2, 0.25) is 0 Å². The van der Waals surface area contributed by atoms with Gasteiger partial charge in [0.25, 0.3) is 0 Å². The highest BCUT2D eigenvalue weighted by Crippen LogP contribution is 2.32. The number of aromatic nitrogens is 2. The van der Waals surface area contributed by atoms with Crippen molar-refractivity contribution in [3.05, 3.63) is 75.8 Å². The quantitative estimate of drug-likeness (QED) is 0.462. The lowest BCUT2D eigenvalue weighted by Crippen LogP contribution is -2.46. The van der Waals surface area contributed by atoms with Gasteiger partial charge >= 0.3 is 5.69 Å². The first-order chi connectivity index (χ1) is 15.0. The van der Waals surface area contributed by atoms with Gasteiger partial charge in [-0.2, -0.15) is 9.97 Å². The van der Waals surface area contributed by atoms with Gasteiger partial charge in [-0.05, 0) is 30.2 Å². The van der Waals surface area contributed by atoms with Crippen LogP contribution in [0.1, 0.15) is 11.1 Å². The number of nitrogens with one attached hydrogen (secondary N) is 1. The predicted molar refractivity (Wildman–Crippen MR) is 121 cm³/mol. The molecule has 0 atom stereocenters. The van der Waals surface area contributed by atoms with Gasteiger partial charge in [0.15, 0.2) is 0 Å². The van der Waals surface area contributed by atoms with Crippen LogP contribution in [0.25, 0.3) is 0 Å². The molecule has 9 heteroatoms. The number of rotatable bonds is 6. The van der Waals surface area contributed by atoms with Crippen molar-refractivity contribution >= 4 is 29.0 Å². The van der Waals surface area contributed by atoms with Crippen molar-refractivity contribution in [2.45, 2.75) is 13.5 Å². The summed E-state index contributed by atoms with van der Waals surface area (Å²) in [6.45, 7) is 5.96. The lowest BCUT2D eigenvalue weighted by Gasteiger charge is -2.34. The van der Waals surface area contributed by atoms with Crippen molar-refractivity contribution in [2.75, 3.05) is 42.1 Å². The lowest BCUT2D eigenvalue weighted by molar-refractivity contribution is -0.383. The summed E-state index contributed by atoms with van der Waals surface area (Å²) in [5.41, 5.74) is 8.68. The number of hydrogen-bond acceptors (Lipinski definition) is 8. The van der Waals surface area contributed by atoms with Gasteiger partial charge in [-0.1, -0.05) is 42.5 Å². The van der Waals surface area contributed by atoms with E-state index >= 15 is 0 Å². The molecule has 3 N–H and O–H groups in total. The Morgan fingerprint density at radius 2 is 1.81 bits per heavy atom. The van der Waals surface area contributed by atoms with Crippen LogP contribution in [0, 0.1) is 17.0 Å². The molecule has 1 aliphatic rings. The van der Waals surface area contributed by atoms with Crippen molar-refractivity contribution in [3.8, 4) is 0 Å². The fourth-order valence-electron chi connectivity index (χ4n) is 3.68. The van der Waals surface area contributed by atoms with Crippen molar-refractivity contribution < 1.29 is 4.92 Å². The number of nitro groups is 1. The van der Waals surface area contributed by atoms with E-state index in [9.17, 15) is 10.1 Å². The highest BCUT2D eigenvalue weighted by molar-refractivity contribution is 5.74. The van der Waals surface area contributed by atoms with Crippen LogP contribution in [0.5, 0.6) is 0 Å². The Bertz CT molecular complexity index is 1070. The van der Waals surface area contributed by atoms with E-state index in [0.29, 0.717) is 24.7 Å². The SMILES string of the molecule is Cc1cccc(Nc2nc(N3CCN(Cc4ccccc4)CC3)nc(N)c2[N+](=O)[O-])c1. The summed E-state index contributed by atoms with van der Waals surface area (Å²) in [6, 6.07) is 17.9. The number of nitrogen functional groups attached to an aromatic ring is 1. The molecule has 2 aromatic carbocycles. The maximum absolute atomic E-state index is 11.6. The van der Waals surface area contributed by atoms with Crippen LogP contribution in [-0.2, 0) is 6.54 Å². The molecule has 1 saturated heterocycles. The Hall–Kier alpha value is -3.72. The molecule has 0 spiro atoms. The van der Waals surface area contributed by atoms with Crippen molar-refractivity contribution in [3.63, 3.8) is 0 Å². The van der Waals surface area contributed by atoms with Crippen LogP contribution < -0.4 is 16.0 Å². The molecule has 0 amide bonds. The summed E-state index contributed by atoms with van der Waals surface area (Å²) in [7, 11) is 0. The zero-order chi connectivity index (χ0) is 21.8. The molecular weight excluding hydrogens is 394 g/mol. The molecule has 1 aliphatic heterocycles. The minimum absolute atomic E-state index is 0.102. The standard InChI is InChI=1S/C22H25N7O2/c1-16-6-5-9-18(14-16)24-21-19(29(30)31)20(23)25-22(26-21)28-12-10-27(11-13-28)15-17-7-3-2-4-8-17/h2-9,14H,10-13,15H2,1H3,(H3,23,24,25,26). The second-order valence-electron chi connectivity index (χ2n) is 7.61. The summed E-state index contributed by atoms with van der Waals surface area (Å²) in [5.74, 6) is 0.360. The van der Waals surface area contributed by atoms with E-state index in [-0.39, 0.29) is 17.3 Å². The average Bonchev–Trinajstić information content (AvgIpc) is 2.74. The first-order valence-electron chi connectivity index (χ1n) is 10.2. The number of benzene rings is 2. The number of nitrogens with zero attached hydrogens (tertiary/aromatic N) is 5. The van der Waals surface area contributed by atoms with E-state index in [4.69, 9.17) is 5.73 Å². The molecule has 4 rings (SSSR count). The number of hydrogen-bond donors (Lipinski definition) is 2. The maximum atomic E-state index is 11.6. The lowest BCUT2D eigenvalue weighted by atomic mass is 10.2. The van der Waals surface area contributed by atoms with E-state index in [1.807, 2.05) is 54.3 Å². The maximum Gasteiger partial charge on any atom is 0.353 e. The minimum Gasteiger partial charge on any atom is -0.378 e. The molecule has 9 nitrogen and oxygen atoms in total. The van der Waals surface area contributed by atoms with Gasteiger partial charge in [0.05, 0.1) is 4.92 Å². The summed E-state index contributed by atoms with van der Waals surface area (Å²) in [5, 5.41) is 14.6. The summed E-state index contributed by atoms with van der Waals surface area (Å²) in [6.07, 6.45) is 0. The topological polar surface area (TPSA) is 113 Å². The van der Waals surface area contributed by atoms with E-state index in [2.05, 4.69) is 32.3 Å². The van der Waals surface area contributed by atoms with Gasteiger partial charge in [-0.25, -0.2) is 0 Å². The number of nitrogens with two attached hydrogens (primary N) is 1.